The molecule has 0 aliphatic carbocycles. The Bertz CT molecular complexity index is 1710. The highest BCUT2D eigenvalue weighted by Crippen LogP contribution is 2.44. The van der Waals surface area contributed by atoms with Crippen LogP contribution in [0.1, 0.15) is 42.2 Å². The third-order valence-corrected chi connectivity index (χ3v) is 8.23. The van der Waals surface area contributed by atoms with Crippen molar-refractivity contribution < 1.29 is 27.4 Å². The van der Waals surface area contributed by atoms with Crippen LogP contribution < -0.4 is 20.5 Å². The summed E-state index contributed by atoms with van der Waals surface area (Å²) >= 11 is 0.622. The summed E-state index contributed by atoms with van der Waals surface area (Å²) in [7, 11) is 1.42. The number of halogens is 3. The van der Waals surface area contributed by atoms with Gasteiger partial charge >= 0.3 is 6.18 Å². The maximum absolute atomic E-state index is 13.5. The Morgan fingerprint density at radius 3 is 2.55 bits per heavy atom. The van der Waals surface area contributed by atoms with E-state index in [4.69, 9.17) is 9.47 Å². The van der Waals surface area contributed by atoms with Gasteiger partial charge in [-0.05, 0) is 73.4 Å². The molecule has 1 amide bonds. The molecular formula is C30H29F3N4O4S. The number of nitrogens with one attached hydrogen (secondary N) is 1. The van der Waals surface area contributed by atoms with Crippen molar-refractivity contribution in [2.45, 2.75) is 45.8 Å². The average molecular weight is 599 g/mol. The normalized spacial score (nSPS) is 15.4. The van der Waals surface area contributed by atoms with E-state index in [9.17, 15) is 22.8 Å². The van der Waals surface area contributed by atoms with Gasteiger partial charge in [-0.1, -0.05) is 6.92 Å². The fourth-order valence-corrected chi connectivity index (χ4v) is 5.93. The Labute approximate surface area is 243 Å². The van der Waals surface area contributed by atoms with Gasteiger partial charge in [0.15, 0.2) is 0 Å². The van der Waals surface area contributed by atoms with Crippen LogP contribution in [0, 0.1) is 12.8 Å². The molecule has 2 aromatic carbocycles. The van der Waals surface area contributed by atoms with Crippen LogP contribution in [0.3, 0.4) is 0 Å². The maximum Gasteiger partial charge on any atom is 0.425 e. The van der Waals surface area contributed by atoms with E-state index >= 15 is 0 Å². The molecule has 0 saturated carbocycles. The molecule has 0 spiro atoms. The zero-order valence-corrected chi connectivity index (χ0v) is 24.1. The largest absolute Gasteiger partial charge is 0.495 e. The first-order chi connectivity index (χ1) is 20.0. The highest BCUT2D eigenvalue weighted by atomic mass is 32.1. The molecule has 1 aliphatic heterocycles. The summed E-state index contributed by atoms with van der Waals surface area (Å²) in [6, 6.07) is 13.4. The Morgan fingerprint density at radius 1 is 1.10 bits per heavy atom. The van der Waals surface area contributed by atoms with Crippen molar-refractivity contribution in [3.8, 4) is 22.8 Å². The number of unbranched alkanes of at least 4 members (excludes halogenated alkanes) is 1. The number of carbonyl (C=O) groups excluding carboxylic acids is 1. The number of aromatic nitrogens is 2. The molecule has 220 valence electrons. The summed E-state index contributed by atoms with van der Waals surface area (Å²) in [5, 5.41) is 9.10. The molecule has 2 aromatic heterocycles. The highest BCUT2D eigenvalue weighted by Gasteiger charge is 2.34. The number of nitrogens with zero attached hydrogens (tertiary/aromatic N) is 3. The lowest BCUT2D eigenvalue weighted by atomic mass is 9.94. The van der Waals surface area contributed by atoms with Crippen LogP contribution >= 0.6 is 11.3 Å². The number of fused-ring (bicyclic) bond motifs is 1. The van der Waals surface area contributed by atoms with E-state index in [-0.39, 0.29) is 17.4 Å². The van der Waals surface area contributed by atoms with E-state index < -0.39 is 11.1 Å². The number of hydrazone groups is 1. The van der Waals surface area contributed by atoms with Crippen LogP contribution in [0.5, 0.6) is 11.5 Å². The molecule has 0 radical (unpaired) electrons. The van der Waals surface area contributed by atoms with E-state index in [0.717, 1.165) is 17.3 Å². The lowest BCUT2D eigenvalue weighted by molar-refractivity contribution is -0.134. The number of amides is 1. The van der Waals surface area contributed by atoms with E-state index in [1.54, 1.807) is 19.1 Å². The molecule has 3 heterocycles. The van der Waals surface area contributed by atoms with Gasteiger partial charge < -0.3 is 9.47 Å². The first kappa shape index (κ1) is 29.3. The molecule has 1 N–H and O–H groups in total. The van der Waals surface area contributed by atoms with Gasteiger partial charge in [-0.25, -0.2) is 10.1 Å². The summed E-state index contributed by atoms with van der Waals surface area (Å²) in [4.78, 5) is 23.4. The molecule has 0 bridgehead atoms. The molecule has 1 atom stereocenters. The number of alkyl halides is 3. The van der Waals surface area contributed by atoms with E-state index in [2.05, 4.69) is 15.6 Å². The first-order valence-corrected chi connectivity index (χ1v) is 14.2. The van der Waals surface area contributed by atoms with Gasteiger partial charge in [0.05, 0.1) is 29.8 Å². The summed E-state index contributed by atoms with van der Waals surface area (Å²) in [5.41, 5.74) is 5.51. The zero-order valence-electron chi connectivity index (χ0n) is 23.2. The molecule has 1 aliphatic rings. The van der Waals surface area contributed by atoms with Crippen molar-refractivity contribution in [1.82, 2.24) is 15.2 Å². The van der Waals surface area contributed by atoms with Gasteiger partial charge in [0.2, 0.25) is 5.91 Å². The van der Waals surface area contributed by atoms with E-state index in [1.165, 1.54) is 17.9 Å². The predicted molar refractivity (Wildman–Crippen MR) is 155 cm³/mol. The summed E-state index contributed by atoms with van der Waals surface area (Å²) in [6.45, 7) is 4.43. The zero-order chi connectivity index (χ0) is 30.0. The molecule has 4 aromatic rings. The van der Waals surface area contributed by atoms with Crippen molar-refractivity contribution in [1.29, 1.82) is 0 Å². The minimum atomic E-state index is -4.49. The Balaban J connectivity index is 1.25. The maximum atomic E-state index is 13.5. The highest BCUT2D eigenvalue weighted by molar-refractivity contribution is 7.19. The number of methoxy groups -OCH3 is 1. The summed E-state index contributed by atoms with van der Waals surface area (Å²) in [6.07, 6.45) is -2.83. The van der Waals surface area contributed by atoms with Crippen LogP contribution in [-0.2, 0) is 17.5 Å². The van der Waals surface area contributed by atoms with Crippen LogP contribution in [0.4, 0.5) is 13.2 Å². The van der Waals surface area contributed by atoms with Crippen molar-refractivity contribution in [3.63, 3.8) is 0 Å². The Hall–Kier alpha value is -4.19. The molecule has 5 rings (SSSR count). The van der Waals surface area contributed by atoms with Gasteiger partial charge in [0.1, 0.15) is 16.4 Å². The minimum Gasteiger partial charge on any atom is -0.495 e. The van der Waals surface area contributed by atoms with E-state index in [0.29, 0.717) is 82.2 Å². The fraction of sp³-hybridized carbons (Fsp3) is 0.333. The Kier molecular flexibility index (Phi) is 8.35. The molecule has 42 heavy (non-hydrogen) atoms. The van der Waals surface area contributed by atoms with E-state index in [1.807, 2.05) is 31.2 Å². The standard InChI is InChI=1S/C30H29F3N4O4S/c1-17-14-25(38)34-35-27(17)19-6-8-20(9-7-19)41-13-5-4-12-37-26(39)15-18(2)28(36-37)21-10-11-23(40-3)29-22(21)16-24(42-29)30(31,32)33/h6-11,15-17H,4-5,12-14H2,1-3H3,(H,34,38). The number of rotatable bonds is 9. The second kappa shape index (κ2) is 12.0. The summed E-state index contributed by atoms with van der Waals surface area (Å²) < 4.78 is 53.4. The molecular weight excluding hydrogens is 569 g/mol. The van der Waals surface area contributed by atoms with Crippen molar-refractivity contribution in [2.24, 2.45) is 11.0 Å². The SMILES string of the molecule is COc1ccc(-c2nn(CCCCOc3ccc(C4=NNC(=O)CC4C)cc3)c(=O)cc2C)c2cc(C(F)(F)F)sc12. The van der Waals surface area contributed by atoms with Gasteiger partial charge in [-0.15, -0.1) is 11.3 Å². The number of hydrogen-bond donors (Lipinski definition) is 1. The lowest BCUT2D eigenvalue weighted by Gasteiger charge is -2.19. The molecule has 0 fully saturated rings. The fourth-order valence-electron chi connectivity index (χ4n) is 4.89. The molecule has 12 heteroatoms. The second-order valence-electron chi connectivity index (χ2n) is 10.1. The third kappa shape index (κ3) is 6.18. The molecule has 1 unspecified atom stereocenters. The van der Waals surface area contributed by atoms with Crippen molar-refractivity contribution in [2.75, 3.05) is 13.7 Å². The van der Waals surface area contributed by atoms with Crippen molar-refractivity contribution in [3.05, 3.63) is 74.9 Å². The van der Waals surface area contributed by atoms with Gasteiger partial charge in [0, 0.05) is 35.9 Å². The number of hydrogen-bond acceptors (Lipinski definition) is 7. The van der Waals surface area contributed by atoms with Crippen LogP contribution in [0.15, 0.2) is 58.4 Å². The van der Waals surface area contributed by atoms with Crippen LogP contribution in [0.2, 0.25) is 0 Å². The number of ether oxygens (including phenoxy) is 2. The third-order valence-electron chi connectivity index (χ3n) is 7.03. The van der Waals surface area contributed by atoms with Crippen LogP contribution in [-0.4, -0.2) is 35.1 Å². The monoisotopic (exact) mass is 598 g/mol. The summed E-state index contributed by atoms with van der Waals surface area (Å²) in [5.74, 6) is 0.978. The second-order valence-corrected chi connectivity index (χ2v) is 11.2. The van der Waals surface area contributed by atoms with Gasteiger partial charge in [0.25, 0.3) is 5.56 Å². The predicted octanol–water partition coefficient (Wildman–Crippen LogP) is 6.18. The number of aryl methyl sites for hydroxylation is 2. The first-order valence-electron chi connectivity index (χ1n) is 13.4. The topological polar surface area (TPSA) is 94.8 Å². The van der Waals surface area contributed by atoms with Crippen molar-refractivity contribution >= 4 is 33.0 Å². The molecule has 8 nitrogen and oxygen atoms in total. The molecule has 0 saturated heterocycles. The lowest BCUT2D eigenvalue weighted by Crippen LogP contribution is -2.31. The number of benzene rings is 2. The Morgan fingerprint density at radius 2 is 1.86 bits per heavy atom. The smallest absolute Gasteiger partial charge is 0.425 e. The quantitative estimate of drug-likeness (QED) is 0.232. The minimum absolute atomic E-state index is 0.0307. The van der Waals surface area contributed by atoms with Gasteiger partial charge in [-0.2, -0.15) is 23.4 Å². The number of thiophene rings is 1. The van der Waals surface area contributed by atoms with Crippen LogP contribution in [0.25, 0.3) is 21.3 Å². The van der Waals surface area contributed by atoms with Gasteiger partial charge in [-0.3, -0.25) is 9.59 Å². The number of carbonyl (C=O) groups is 1. The average Bonchev–Trinajstić information content (AvgIpc) is 3.41.